The van der Waals surface area contributed by atoms with Crippen LogP contribution in [0.3, 0.4) is 0 Å². The van der Waals surface area contributed by atoms with Crippen molar-refractivity contribution in [2.45, 2.75) is 277 Å². The van der Waals surface area contributed by atoms with Crippen molar-refractivity contribution in [3.05, 3.63) is 29.8 Å². The fraction of sp³-hybridized carbons (Fsp3) is 0.806. The summed E-state index contributed by atoms with van der Waals surface area (Å²) in [6.07, 6.45) is 37.4. The van der Waals surface area contributed by atoms with Crippen LogP contribution in [0.1, 0.15) is 264 Å². The number of anilines is 1. The molecule has 2 fully saturated rings. The summed E-state index contributed by atoms with van der Waals surface area (Å²) in [5.41, 5.74) is -0.777. The third kappa shape index (κ3) is 36.0. The molecule has 4 N–H and O–H groups in total. The molecule has 1 unspecified atom stereocenters. The van der Waals surface area contributed by atoms with E-state index in [1.807, 2.05) is 0 Å². The fourth-order valence-corrected chi connectivity index (χ4v) is 11.2. The van der Waals surface area contributed by atoms with Crippen molar-refractivity contribution in [3.63, 3.8) is 0 Å². The second-order valence-corrected chi connectivity index (χ2v) is 25.2. The zero-order valence-corrected chi connectivity index (χ0v) is 49.8. The molecule has 15 heteroatoms. The van der Waals surface area contributed by atoms with E-state index in [2.05, 4.69) is 21.3 Å². The molecule has 440 valence electrons. The summed E-state index contributed by atoms with van der Waals surface area (Å²) in [6, 6.07) is 5.16. The summed E-state index contributed by atoms with van der Waals surface area (Å²) in [4.78, 5) is 77.3. The normalized spacial score (nSPS) is 15.2. The molecule has 2 saturated carbocycles. The van der Waals surface area contributed by atoms with Crippen molar-refractivity contribution in [2.24, 2.45) is 11.8 Å². The Bertz CT molecular complexity index is 1790. The summed E-state index contributed by atoms with van der Waals surface area (Å²) in [7, 11) is 0. The predicted octanol–water partition coefficient (Wildman–Crippen LogP) is 15.1. The molecule has 4 amide bonds. The lowest BCUT2D eigenvalue weighted by atomic mass is 9.85. The Morgan fingerprint density at radius 3 is 1.53 bits per heavy atom. The average molecular weight is 1100 g/mol. The summed E-state index contributed by atoms with van der Waals surface area (Å²) in [5.74, 6) is 0.750. The van der Waals surface area contributed by atoms with Crippen molar-refractivity contribution in [1.82, 2.24) is 16.0 Å². The average Bonchev–Trinajstić information content (AvgIpc) is 3.38. The first-order valence-corrected chi connectivity index (χ1v) is 31.7. The molecule has 0 saturated heterocycles. The SMILES string of the molecule is CC(C)(C)OC(=O)CC[C@H](NC(=O)c1ccc(NC(=O)CCSCC(COC(=O)NCCCCCCCCCCCC2CCCCC2)OC(=O)NCCCCCCCCCCCC2CCCCC2)cc1)C(=O)OC(C)(C)C. The van der Waals surface area contributed by atoms with Crippen molar-refractivity contribution < 1.29 is 47.7 Å². The third-order valence-corrected chi connectivity index (χ3v) is 15.6. The molecular formula is C62H106N4O10S. The van der Waals surface area contributed by atoms with Gasteiger partial charge in [-0.3, -0.25) is 14.4 Å². The number of carbonyl (C=O) groups excluding carboxylic acids is 6. The van der Waals surface area contributed by atoms with Crippen LogP contribution >= 0.6 is 11.8 Å². The topological polar surface area (TPSA) is 187 Å². The summed E-state index contributed by atoms with van der Waals surface area (Å²) in [5, 5.41) is 11.3. The molecule has 14 nitrogen and oxygen atoms in total. The lowest BCUT2D eigenvalue weighted by Gasteiger charge is -2.25. The van der Waals surface area contributed by atoms with Crippen molar-refractivity contribution >= 4 is 53.4 Å². The standard InChI is InChI=1S/C62H106N4O10S/c1-61(2,3)75-56(68)42-41-54(58(70)76-62(4,5)6)66-57(69)51-37-39-52(40-38-51)65-55(67)43-46-77-48-53(74-60(72)64-45-30-20-16-12-8-10-14-18-24-32-50-35-27-22-28-36-50)47-73-59(71)63-44-29-19-15-11-7-9-13-17-23-31-49-33-25-21-26-34-49/h37-40,49-50,53-54H,7-36,41-48H2,1-6H3,(H,63,71)(H,64,72)(H,65,67)(H,66,69)/t53?,54-/m0/s1. The molecule has 2 aliphatic carbocycles. The Balaban J connectivity index is 1.37. The van der Waals surface area contributed by atoms with Gasteiger partial charge < -0.3 is 40.2 Å². The highest BCUT2D eigenvalue weighted by molar-refractivity contribution is 7.99. The van der Waals surface area contributed by atoms with Gasteiger partial charge in [0.25, 0.3) is 5.91 Å². The van der Waals surface area contributed by atoms with E-state index in [0.717, 1.165) is 50.4 Å². The minimum Gasteiger partial charge on any atom is -0.460 e. The number of thioether (sulfide) groups is 1. The molecule has 77 heavy (non-hydrogen) atoms. The molecule has 3 rings (SSSR count). The van der Waals surface area contributed by atoms with Gasteiger partial charge in [-0.25, -0.2) is 14.4 Å². The lowest BCUT2D eigenvalue weighted by molar-refractivity contribution is -0.158. The van der Waals surface area contributed by atoms with E-state index in [0.29, 0.717) is 30.3 Å². The molecule has 2 aliphatic rings. The number of hydrogen-bond donors (Lipinski definition) is 4. The summed E-state index contributed by atoms with van der Waals surface area (Å²) >= 11 is 1.42. The second-order valence-electron chi connectivity index (χ2n) is 24.1. The first-order valence-electron chi connectivity index (χ1n) is 30.5. The predicted molar refractivity (Wildman–Crippen MR) is 312 cm³/mol. The molecule has 0 bridgehead atoms. The van der Waals surface area contributed by atoms with E-state index in [1.54, 1.807) is 53.7 Å². The number of nitrogens with one attached hydrogen (secondary N) is 4. The number of ether oxygens (including phenoxy) is 4. The quantitative estimate of drug-likeness (QED) is 0.0279. The molecule has 0 aliphatic heterocycles. The van der Waals surface area contributed by atoms with Crippen LogP contribution in [0.4, 0.5) is 15.3 Å². The largest absolute Gasteiger partial charge is 0.460 e. The van der Waals surface area contributed by atoms with Crippen LogP contribution in [0.25, 0.3) is 0 Å². The van der Waals surface area contributed by atoms with Gasteiger partial charge in [-0.1, -0.05) is 180 Å². The number of rotatable bonds is 39. The van der Waals surface area contributed by atoms with Gasteiger partial charge in [0.1, 0.15) is 30.0 Å². The fourth-order valence-electron chi connectivity index (χ4n) is 10.3. The first kappa shape index (κ1) is 67.3. The number of amides is 4. The highest BCUT2D eigenvalue weighted by atomic mass is 32.2. The first-order chi connectivity index (χ1) is 37.0. The minimum absolute atomic E-state index is 0.00942. The molecule has 1 aromatic carbocycles. The van der Waals surface area contributed by atoms with Crippen LogP contribution in [-0.4, -0.2) is 90.5 Å². The van der Waals surface area contributed by atoms with Crippen LogP contribution in [0.15, 0.2) is 24.3 Å². The van der Waals surface area contributed by atoms with E-state index in [9.17, 15) is 28.8 Å². The smallest absolute Gasteiger partial charge is 0.407 e. The van der Waals surface area contributed by atoms with Crippen molar-refractivity contribution in [3.8, 4) is 0 Å². The number of unbranched alkanes of at least 4 members (excludes halogenated alkanes) is 16. The Labute approximate surface area is 470 Å². The molecule has 0 spiro atoms. The van der Waals surface area contributed by atoms with Gasteiger partial charge in [0.15, 0.2) is 0 Å². The van der Waals surface area contributed by atoms with Crippen LogP contribution in [-0.2, 0) is 33.3 Å². The molecule has 0 radical (unpaired) electrons. The highest BCUT2D eigenvalue weighted by Crippen LogP contribution is 2.29. The van der Waals surface area contributed by atoms with E-state index >= 15 is 0 Å². The van der Waals surface area contributed by atoms with E-state index < -0.39 is 53.4 Å². The van der Waals surface area contributed by atoms with Gasteiger partial charge in [0, 0.05) is 48.7 Å². The maximum Gasteiger partial charge on any atom is 0.407 e. The van der Waals surface area contributed by atoms with Gasteiger partial charge in [0.05, 0.1) is 0 Å². The number of esters is 2. The van der Waals surface area contributed by atoms with Gasteiger partial charge >= 0.3 is 24.1 Å². The number of hydrogen-bond acceptors (Lipinski definition) is 11. The van der Waals surface area contributed by atoms with Gasteiger partial charge in [-0.15, -0.1) is 0 Å². The number of benzene rings is 1. The minimum atomic E-state index is -1.09. The highest BCUT2D eigenvalue weighted by Gasteiger charge is 2.29. The van der Waals surface area contributed by atoms with Crippen molar-refractivity contribution in [2.75, 3.05) is 36.5 Å². The summed E-state index contributed by atoms with van der Waals surface area (Å²) in [6.45, 7) is 11.4. The van der Waals surface area contributed by atoms with Gasteiger partial charge in [-0.2, -0.15) is 11.8 Å². The Morgan fingerprint density at radius 1 is 0.571 bits per heavy atom. The maximum atomic E-state index is 13.3. The maximum absolute atomic E-state index is 13.3. The number of alkyl carbamates (subject to hydrolysis) is 2. The van der Waals surface area contributed by atoms with Crippen LogP contribution in [0, 0.1) is 11.8 Å². The van der Waals surface area contributed by atoms with Crippen LogP contribution < -0.4 is 21.3 Å². The van der Waals surface area contributed by atoms with E-state index in [-0.39, 0.29) is 37.3 Å². The zero-order chi connectivity index (χ0) is 56.0. The van der Waals surface area contributed by atoms with Gasteiger partial charge in [0.2, 0.25) is 5.91 Å². The van der Waals surface area contributed by atoms with Crippen molar-refractivity contribution in [1.29, 1.82) is 0 Å². The van der Waals surface area contributed by atoms with E-state index in [4.69, 9.17) is 18.9 Å². The molecule has 1 aromatic rings. The molecule has 0 aromatic heterocycles. The molecule has 0 heterocycles. The molecule has 2 atom stereocenters. The van der Waals surface area contributed by atoms with E-state index in [1.165, 1.54) is 178 Å². The second kappa shape index (κ2) is 40.2. The summed E-state index contributed by atoms with van der Waals surface area (Å²) < 4.78 is 22.2. The Morgan fingerprint density at radius 2 is 1.04 bits per heavy atom. The monoisotopic (exact) mass is 1100 g/mol. The zero-order valence-electron chi connectivity index (χ0n) is 49.0. The Kier molecular flexibility index (Phi) is 35.1. The lowest BCUT2D eigenvalue weighted by Crippen LogP contribution is -2.44. The van der Waals surface area contributed by atoms with Gasteiger partial charge in [-0.05, 0) is 96.9 Å². The molecular weight excluding hydrogens is 993 g/mol. The van der Waals surface area contributed by atoms with Crippen LogP contribution in [0.2, 0.25) is 0 Å². The Hall–Kier alpha value is -4.01. The third-order valence-electron chi connectivity index (χ3n) is 14.5. The number of carbonyl (C=O) groups is 6. The van der Waals surface area contributed by atoms with Crippen LogP contribution in [0.5, 0.6) is 0 Å².